The van der Waals surface area contributed by atoms with E-state index in [0.717, 1.165) is 36.6 Å². The average Bonchev–Trinajstić information content (AvgIpc) is 2.54. The molecule has 6 heteroatoms. The fraction of sp³-hybridized carbons (Fsp3) is 0.562. The molecule has 0 radical (unpaired) electrons. The van der Waals surface area contributed by atoms with Crippen molar-refractivity contribution >= 4 is 11.8 Å². The van der Waals surface area contributed by atoms with Crippen LogP contribution in [0.5, 0.6) is 11.5 Å². The summed E-state index contributed by atoms with van der Waals surface area (Å²) < 4.78 is 10.7. The van der Waals surface area contributed by atoms with E-state index in [2.05, 4.69) is 4.90 Å². The molecule has 1 saturated heterocycles. The molecule has 0 bridgehead atoms. The molecule has 122 valence electrons. The van der Waals surface area contributed by atoms with Gasteiger partial charge in [-0.2, -0.15) is 0 Å². The van der Waals surface area contributed by atoms with E-state index in [1.807, 2.05) is 25.2 Å². The van der Waals surface area contributed by atoms with E-state index in [1.165, 1.54) is 4.90 Å². The highest BCUT2D eigenvalue weighted by Crippen LogP contribution is 2.32. The predicted molar refractivity (Wildman–Crippen MR) is 85.1 cm³/mol. The van der Waals surface area contributed by atoms with Crippen LogP contribution in [-0.2, 0) is 0 Å². The average molecular weight is 308 g/mol. The summed E-state index contributed by atoms with van der Waals surface area (Å²) in [6, 6.07) is 5.78. The van der Waals surface area contributed by atoms with Crippen molar-refractivity contribution in [3.63, 3.8) is 0 Å². The Kier molecular flexibility index (Phi) is 5.35. The maximum absolute atomic E-state index is 10.9. The lowest BCUT2D eigenvalue weighted by Crippen LogP contribution is -2.40. The zero-order valence-corrected chi connectivity index (χ0v) is 13.4. The number of piperidine rings is 1. The fourth-order valence-corrected chi connectivity index (χ4v) is 2.89. The molecule has 2 rings (SSSR count). The van der Waals surface area contributed by atoms with Gasteiger partial charge in [-0.15, -0.1) is 0 Å². The minimum atomic E-state index is -0.816. The van der Waals surface area contributed by atoms with Crippen molar-refractivity contribution in [1.29, 1.82) is 0 Å². The summed E-state index contributed by atoms with van der Waals surface area (Å²) in [6.45, 7) is 2.12. The first-order valence-corrected chi connectivity index (χ1v) is 7.46. The first kappa shape index (κ1) is 16.3. The van der Waals surface area contributed by atoms with Gasteiger partial charge in [0.1, 0.15) is 11.5 Å². The third kappa shape index (κ3) is 3.75. The Morgan fingerprint density at radius 1 is 1.32 bits per heavy atom. The molecule has 1 amide bonds. The van der Waals surface area contributed by atoms with Gasteiger partial charge in [0.25, 0.3) is 0 Å². The largest absolute Gasteiger partial charge is 0.497 e. The smallest absolute Gasteiger partial charge is 0.407 e. The standard InChI is InChI=1S/C16H24N2O4/c1-17(11-12-6-8-18(9-7-12)16(19)20)14-5-4-13(21-2)10-15(14)22-3/h4-5,10,12H,6-9,11H2,1-3H3,(H,19,20). The number of carboxylic acid groups (broad SMARTS) is 1. The minimum absolute atomic E-state index is 0.493. The quantitative estimate of drug-likeness (QED) is 0.905. The van der Waals surface area contributed by atoms with Crippen LogP contribution < -0.4 is 14.4 Å². The molecule has 22 heavy (non-hydrogen) atoms. The van der Waals surface area contributed by atoms with Crippen molar-refractivity contribution in [2.75, 3.05) is 45.8 Å². The number of hydrogen-bond donors (Lipinski definition) is 1. The van der Waals surface area contributed by atoms with Gasteiger partial charge in [0.2, 0.25) is 0 Å². The van der Waals surface area contributed by atoms with Gasteiger partial charge in [0.15, 0.2) is 0 Å². The number of anilines is 1. The summed E-state index contributed by atoms with van der Waals surface area (Å²) in [4.78, 5) is 14.6. The number of rotatable bonds is 5. The molecular weight excluding hydrogens is 284 g/mol. The Morgan fingerprint density at radius 3 is 2.55 bits per heavy atom. The Morgan fingerprint density at radius 2 is 2.00 bits per heavy atom. The van der Waals surface area contributed by atoms with Crippen LogP contribution in [0.4, 0.5) is 10.5 Å². The SMILES string of the molecule is COc1ccc(N(C)CC2CCN(C(=O)O)CC2)c(OC)c1. The number of likely N-dealkylation sites (tertiary alicyclic amines) is 1. The number of ether oxygens (including phenoxy) is 2. The maximum Gasteiger partial charge on any atom is 0.407 e. The molecule has 1 aromatic rings. The van der Waals surface area contributed by atoms with Crippen molar-refractivity contribution in [2.45, 2.75) is 12.8 Å². The fourth-order valence-electron chi connectivity index (χ4n) is 2.89. The van der Waals surface area contributed by atoms with Crippen LogP contribution in [0.15, 0.2) is 18.2 Å². The molecule has 0 aromatic heterocycles. The van der Waals surface area contributed by atoms with Crippen molar-refractivity contribution in [1.82, 2.24) is 4.90 Å². The molecule has 0 saturated carbocycles. The topological polar surface area (TPSA) is 62.2 Å². The van der Waals surface area contributed by atoms with Gasteiger partial charge >= 0.3 is 6.09 Å². The lowest BCUT2D eigenvalue weighted by atomic mass is 9.96. The Hall–Kier alpha value is -2.11. The summed E-state index contributed by atoms with van der Waals surface area (Å²) in [5, 5.41) is 8.99. The van der Waals surface area contributed by atoms with Crippen LogP contribution in [0, 0.1) is 5.92 Å². The monoisotopic (exact) mass is 308 g/mol. The first-order valence-electron chi connectivity index (χ1n) is 7.46. The number of amides is 1. The van der Waals surface area contributed by atoms with Gasteiger partial charge in [-0.25, -0.2) is 4.79 Å². The van der Waals surface area contributed by atoms with Crippen LogP contribution >= 0.6 is 0 Å². The van der Waals surface area contributed by atoms with E-state index in [4.69, 9.17) is 14.6 Å². The molecule has 1 heterocycles. The van der Waals surface area contributed by atoms with E-state index in [-0.39, 0.29) is 0 Å². The number of nitrogens with zero attached hydrogens (tertiary/aromatic N) is 2. The van der Waals surface area contributed by atoms with Gasteiger partial charge in [-0.3, -0.25) is 0 Å². The molecule has 1 aliphatic heterocycles. The third-order valence-corrected chi connectivity index (χ3v) is 4.22. The second-order valence-corrected chi connectivity index (χ2v) is 5.63. The van der Waals surface area contributed by atoms with Crippen LogP contribution in [0.25, 0.3) is 0 Å². The number of methoxy groups -OCH3 is 2. The highest BCUT2D eigenvalue weighted by atomic mass is 16.5. The van der Waals surface area contributed by atoms with E-state index < -0.39 is 6.09 Å². The summed E-state index contributed by atoms with van der Waals surface area (Å²) >= 11 is 0. The highest BCUT2D eigenvalue weighted by molar-refractivity contribution is 5.65. The van der Waals surface area contributed by atoms with Crippen molar-refractivity contribution in [3.05, 3.63) is 18.2 Å². The number of benzene rings is 1. The Bertz CT molecular complexity index is 513. The number of carbonyl (C=O) groups is 1. The van der Waals surface area contributed by atoms with Crippen LogP contribution in [0.2, 0.25) is 0 Å². The van der Waals surface area contributed by atoms with E-state index >= 15 is 0 Å². The molecule has 0 atom stereocenters. The number of hydrogen-bond acceptors (Lipinski definition) is 4. The Balaban J connectivity index is 1.98. The lowest BCUT2D eigenvalue weighted by Gasteiger charge is -2.33. The van der Waals surface area contributed by atoms with Gasteiger partial charge < -0.3 is 24.4 Å². The van der Waals surface area contributed by atoms with E-state index in [9.17, 15) is 4.79 Å². The van der Waals surface area contributed by atoms with E-state index in [0.29, 0.717) is 19.0 Å². The summed E-state index contributed by atoms with van der Waals surface area (Å²) in [5.74, 6) is 2.04. The molecule has 1 N–H and O–H groups in total. The molecule has 0 unspecified atom stereocenters. The van der Waals surface area contributed by atoms with Gasteiger partial charge in [-0.1, -0.05) is 0 Å². The van der Waals surface area contributed by atoms with Gasteiger partial charge in [0.05, 0.1) is 19.9 Å². The van der Waals surface area contributed by atoms with Gasteiger partial charge in [0, 0.05) is 32.7 Å². The van der Waals surface area contributed by atoms with Crippen LogP contribution in [0.1, 0.15) is 12.8 Å². The van der Waals surface area contributed by atoms with Crippen molar-refractivity contribution in [2.24, 2.45) is 5.92 Å². The molecule has 6 nitrogen and oxygen atoms in total. The van der Waals surface area contributed by atoms with Crippen molar-refractivity contribution in [3.8, 4) is 11.5 Å². The van der Waals surface area contributed by atoms with Gasteiger partial charge in [-0.05, 0) is 30.9 Å². The molecule has 1 fully saturated rings. The normalized spacial score (nSPS) is 15.5. The second-order valence-electron chi connectivity index (χ2n) is 5.63. The molecule has 0 spiro atoms. The van der Waals surface area contributed by atoms with Crippen LogP contribution in [-0.4, -0.2) is 57.0 Å². The summed E-state index contributed by atoms with van der Waals surface area (Å²) in [7, 11) is 5.32. The molecule has 1 aromatic carbocycles. The first-order chi connectivity index (χ1) is 10.5. The third-order valence-electron chi connectivity index (χ3n) is 4.22. The highest BCUT2D eigenvalue weighted by Gasteiger charge is 2.23. The summed E-state index contributed by atoms with van der Waals surface area (Å²) in [5.41, 5.74) is 1.02. The predicted octanol–water partition coefficient (Wildman–Crippen LogP) is 2.53. The second kappa shape index (κ2) is 7.24. The Labute approximate surface area is 131 Å². The zero-order valence-electron chi connectivity index (χ0n) is 13.4. The summed E-state index contributed by atoms with van der Waals surface area (Å²) in [6.07, 6.45) is 0.980. The molecule has 0 aliphatic carbocycles. The van der Waals surface area contributed by atoms with Crippen molar-refractivity contribution < 1.29 is 19.4 Å². The zero-order chi connectivity index (χ0) is 16.1. The van der Waals surface area contributed by atoms with E-state index in [1.54, 1.807) is 14.2 Å². The molecule has 1 aliphatic rings. The van der Waals surface area contributed by atoms with Crippen LogP contribution in [0.3, 0.4) is 0 Å². The maximum atomic E-state index is 10.9. The minimum Gasteiger partial charge on any atom is -0.497 e. The molecular formula is C16H24N2O4. The lowest BCUT2D eigenvalue weighted by molar-refractivity contribution is 0.125.